The molecule has 1 N–H and O–H groups in total. The van der Waals surface area contributed by atoms with E-state index in [4.69, 9.17) is 0 Å². The van der Waals surface area contributed by atoms with Crippen molar-refractivity contribution in [3.63, 3.8) is 0 Å². The fourth-order valence-electron chi connectivity index (χ4n) is 2.32. The van der Waals surface area contributed by atoms with Crippen LogP contribution in [0, 0.1) is 0 Å². The van der Waals surface area contributed by atoms with Gasteiger partial charge in [0.15, 0.2) is 0 Å². The first-order chi connectivity index (χ1) is 11.4. The third-order valence-electron chi connectivity index (χ3n) is 3.84. The molecule has 0 spiro atoms. The Balaban J connectivity index is 2.78. The topological polar surface area (TPSA) is 69.7 Å². The van der Waals surface area contributed by atoms with Crippen LogP contribution in [0.25, 0.3) is 0 Å². The van der Waals surface area contributed by atoms with Crippen molar-refractivity contribution in [2.75, 3.05) is 44.3 Å². The zero-order valence-corrected chi connectivity index (χ0v) is 17.0. The predicted octanol–water partition coefficient (Wildman–Crippen LogP) is 1.82. The molecule has 1 amide bonds. The largest absolute Gasteiger partial charge is 0.355 e. The number of carbonyl (C=O) groups excluding carboxylic acids is 1. The first kappa shape index (κ1) is 21.4. The Labute approximate surface area is 152 Å². The lowest BCUT2D eigenvalue weighted by Crippen LogP contribution is -2.36. The van der Waals surface area contributed by atoms with Crippen LogP contribution >= 0.6 is 0 Å². The minimum atomic E-state index is -3.45. The van der Waals surface area contributed by atoms with E-state index in [9.17, 15) is 13.2 Å². The van der Waals surface area contributed by atoms with Crippen molar-refractivity contribution in [2.45, 2.75) is 32.6 Å². The van der Waals surface area contributed by atoms with Gasteiger partial charge in [0.05, 0.1) is 11.9 Å². The van der Waals surface area contributed by atoms with Crippen LogP contribution in [0.4, 0.5) is 5.69 Å². The summed E-state index contributed by atoms with van der Waals surface area (Å²) in [5.41, 5.74) is 1.71. The molecule has 0 aliphatic rings. The molecule has 0 radical (unpaired) electrons. The molecule has 0 bridgehead atoms. The van der Waals surface area contributed by atoms with Crippen LogP contribution in [0.3, 0.4) is 0 Å². The van der Waals surface area contributed by atoms with Gasteiger partial charge in [0.25, 0.3) is 0 Å². The van der Waals surface area contributed by atoms with E-state index in [1.807, 2.05) is 31.1 Å². The Bertz CT molecular complexity index is 662. The van der Waals surface area contributed by atoms with Crippen LogP contribution in [0.5, 0.6) is 0 Å². The van der Waals surface area contributed by atoms with E-state index >= 15 is 0 Å². The first-order valence-corrected chi connectivity index (χ1v) is 10.3. The van der Waals surface area contributed by atoms with Crippen LogP contribution in [0.2, 0.25) is 0 Å². The van der Waals surface area contributed by atoms with Crippen molar-refractivity contribution in [1.82, 2.24) is 10.2 Å². The average molecular weight is 370 g/mol. The van der Waals surface area contributed by atoms with Gasteiger partial charge in [-0.25, -0.2) is 8.42 Å². The molecule has 142 valence electrons. The number of rotatable bonds is 8. The molecule has 0 heterocycles. The van der Waals surface area contributed by atoms with E-state index < -0.39 is 10.0 Å². The molecule has 0 unspecified atom stereocenters. The van der Waals surface area contributed by atoms with Gasteiger partial charge >= 0.3 is 0 Å². The molecule has 7 heteroatoms. The van der Waals surface area contributed by atoms with Crippen LogP contribution < -0.4 is 9.62 Å². The van der Waals surface area contributed by atoms with Crippen LogP contribution in [-0.2, 0) is 20.2 Å². The normalized spacial score (nSPS) is 12.3. The number of carbonyl (C=O) groups is 1. The first-order valence-electron chi connectivity index (χ1n) is 8.41. The smallest absolute Gasteiger partial charge is 0.232 e. The second-order valence-electron chi connectivity index (χ2n) is 7.54. The van der Waals surface area contributed by atoms with E-state index in [0.717, 1.165) is 18.4 Å². The lowest BCUT2D eigenvalue weighted by molar-refractivity contribution is -0.120. The number of hydrogen-bond acceptors (Lipinski definition) is 4. The van der Waals surface area contributed by atoms with Crippen molar-refractivity contribution >= 4 is 21.6 Å². The summed E-state index contributed by atoms with van der Waals surface area (Å²) >= 11 is 0. The highest BCUT2D eigenvalue weighted by Gasteiger charge is 2.20. The highest BCUT2D eigenvalue weighted by atomic mass is 32.2. The SMILES string of the molecule is CN(C)CCNC(=O)CCN(c1ccc(C(C)(C)C)cc1)S(C)(=O)=O. The van der Waals surface area contributed by atoms with Crippen LogP contribution in [0.15, 0.2) is 24.3 Å². The van der Waals surface area contributed by atoms with E-state index in [1.165, 1.54) is 4.31 Å². The molecule has 0 aliphatic carbocycles. The van der Waals surface area contributed by atoms with Crippen molar-refractivity contribution < 1.29 is 13.2 Å². The molecule has 0 fully saturated rings. The van der Waals surface area contributed by atoms with Gasteiger partial charge in [-0.1, -0.05) is 32.9 Å². The quantitative estimate of drug-likeness (QED) is 0.759. The molecule has 0 aliphatic heterocycles. The zero-order chi connectivity index (χ0) is 19.3. The summed E-state index contributed by atoms with van der Waals surface area (Å²) in [6.07, 6.45) is 1.29. The molecule has 0 aromatic heterocycles. The molecule has 25 heavy (non-hydrogen) atoms. The van der Waals surface area contributed by atoms with Gasteiger partial charge in [0.1, 0.15) is 0 Å². The molecule has 0 atom stereocenters. The number of amides is 1. The zero-order valence-electron chi connectivity index (χ0n) is 16.2. The summed E-state index contributed by atoms with van der Waals surface area (Å²) in [5, 5.41) is 2.80. The summed E-state index contributed by atoms with van der Waals surface area (Å²) in [7, 11) is 0.408. The number of benzene rings is 1. The molecule has 1 aromatic carbocycles. The Kier molecular flexibility index (Phi) is 7.44. The van der Waals surface area contributed by atoms with Gasteiger partial charge in [-0.3, -0.25) is 9.10 Å². The number of likely N-dealkylation sites (N-methyl/N-ethyl adjacent to an activating group) is 1. The maximum atomic E-state index is 12.1. The highest BCUT2D eigenvalue weighted by molar-refractivity contribution is 7.92. The van der Waals surface area contributed by atoms with E-state index in [2.05, 4.69) is 26.1 Å². The summed E-state index contributed by atoms with van der Waals surface area (Å²) < 4.78 is 25.5. The summed E-state index contributed by atoms with van der Waals surface area (Å²) in [6, 6.07) is 7.46. The van der Waals surface area contributed by atoms with Crippen LogP contribution in [-0.4, -0.2) is 59.2 Å². The highest BCUT2D eigenvalue weighted by Crippen LogP contribution is 2.26. The van der Waals surface area contributed by atoms with Gasteiger partial charge in [-0.05, 0) is 37.2 Å². The monoisotopic (exact) mass is 369 g/mol. The van der Waals surface area contributed by atoms with E-state index in [1.54, 1.807) is 12.1 Å². The summed E-state index contributed by atoms with van der Waals surface area (Å²) in [4.78, 5) is 13.9. The minimum absolute atomic E-state index is 0.000768. The molecular weight excluding hydrogens is 338 g/mol. The van der Waals surface area contributed by atoms with Crippen molar-refractivity contribution in [3.05, 3.63) is 29.8 Å². The maximum Gasteiger partial charge on any atom is 0.232 e. The lowest BCUT2D eigenvalue weighted by atomic mass is 9.87. The third kappa shape index (κ3) is 7.44. The van der Waals surface area contributed by atoms with Gasteiger partial charge in [0.2, 0.25) is 15.9 Å². The molecular formula is C18H31N3O3S. The number of sulfonamides is 1. The fraction of sp³-hybridized carbons (Fsp3) is 0.611. The van der Waals surface area contributed by atoms with Gasteiger partial charge < -0.3 is 10.2 Å². The van der Waals surface area contributed by atoms with Gasteiger partial charge in [0, 0.05) is 26.1 Å². The average Bonchev–Trinajstić information content (AvgIpc) is 2.45. The van der Waals surface area contributed by atoms with Gasteiger partial charge in [-0.2, -0.15) is 0 Å². The van der Waals surface area contributed by atoms with E-state index in [0.29, 0.717) is 12.2 Å². The van der Waals surface area contributed by atoms with Crippen molar-refractivity contribution in [1.29, 1.82) is 0 Å². The Morgan fingerprint density at radius 2 is 1.64 bits per heavy atom. The van der Waals surface area contributed by atoms with Gasteiger partial charge in [-0.15, -0.1) is 0 Å². The summed E-state index contributed by atoms with van der Waals surface area (Å²) in [6.45, 7) is 7.74. The Morgan fingerprint density at radius 3 is 2.08 bits per heavy atom. The third-order valence-corrected chi connectivity index (χ3v) is 5.04. The summed E-state index contributed by atoms with van der Waals surface area (Å²) in [5.74, 6) is -0.151. The fourth-order valence-corrected chi connectivity index (χ4v) is 3.25. The number of anilines is 1. The second-order valence-corrected chi connectivity index (χ2v) is 9.44. The van der Waals surface area contributed by atoms with Crippen LogP contribution in [0.1, 0.15) is 32.8 Å². The number of nitrogens with zero attached hydrogens (tertiary/aromatic N) is 2. The molecule has 1 rings (SSSR count). The Hall–Kier alpha value is -1.60. The predicted molar refractivity (Wildman–Crippen MR) is 104 cm³/mol. The second kappa shape index (κ2) is 8.67. The van der Waals surface area contributed by atoms with E-state index in [-0.39, 0.29) is 24.3 Å². The van der Waals surface area contributed by atoms with Crippen molar-refractivity contribution in [2.24, 2.45) is 0 Å². The standard InChI is InChI=1S/C18H31N3O3S/c1-18(2,3)15-7-9-16(10-8-15)21(25(6,23)24)13-11-17(22)19-12-14-20(4)5/h7-10H,11-14H2,1-6H3,(H,19,22). The Morgan fingerprint density at radius 1 is 1.08 bits per heavy atom. The number of nitrogens with one attached hydrogen (secondary N) is 1. The molecule has 0 saturated heterocycles. The molecule has 0 saturated carbocycles. The minimum Gasteiger partial charge on any atom is -0.355 e. The number of hydrogen-bond donors (Lipinski definition) is 1. The van der Waals surface area contributed by atoms with Crippen molar-refractivity contribution in [3.8, 4) is 0 Å². The maximum absolute atomic E-state index is 12.1. The molecule has 6 nitrogen and oxygen atoms in total. The molecule has 1 aromatic rings. The lowest BCUT2D eigenvalue weighted by Gasteiger charge is -2.24.